The Kier molecular flexibility index (Phi) is 2.91. The van der Waals surface area contributed by atoms with Crippen LogP contribution in [-0.2, 0) is 0 Å². The highest BCUT2D eigenvalue weighted by atomic mass is 32.1. The van der Waals surface area contributed by atoms with Gasteiger partial charge in [-0.3, -0.25) is 0 Å². The summed E-state index contributed by atoms with van der Waals surface area (Å²) in [7, 11) is 0. The zero-order valence-electron chi connectivity index (χ0n) is 6.60. The van der Waals surface area contributed by atoms with E-state index in [0.29, 0.717) is 11.4 Å². The number of hydrogen-bond acceptors (Lipinski definition) is 2. The molecule has 0 aromatic carbocycles. The first-order valence-electron chi connectivity index (χ1n) is 3.42. The van der Waals surface area contributed by atoms with Crippen LogP contribution in [0.2, 0.25) is 0 Å². The van der Waals surface area contributed by atoms with Crippen molar-refractivity contribution in [2.24, 2.45) is 4.40 Å². The van der Waals surface area contributed by atoms with Gasteiger partial charge in [0, 0.05) is 6.08 Å². The molecule has 4 heteroatoms. The first kappa shape index (κ1) is 8.84. The van der Waals surface area contributed by atoms with Crippen LogP contribution in [0, 0.1) is 0 Å². The molecule has 0 saturated carbocycles. The van der Waals surface area contributed by atoms with Crippen LogP contribution < -0.4 is 4.67 Å². The molecule has 1 aliphatic carbocycles. The molecular formula is C8H9N2OS+. The van der Waals surface area contributed by atoms with Crippen LogP contribution in [0.3, 0.4) is 0 Å². The minimum atomic E-state index is 0.0134. The second-order valence-corrected chi connectivity index (χ2v) is 2.45. The van der Waals surface area contributed by atoms with Crippen molar-refractivity contribution in [1.29, 1.82) is 0 Å². The summed E-state index contributed by atoms with van der Waals surface area (Å²) in [5, 5.41) is 8.91. The van der Waals surface area contributed by atoms with Crippen molar-refractivity contribution >= 4 is 30.1 Å². The summed E-state index contributed by atoms with van der Waals surface area (Å²) in [6, 6.07) is 0. The van der Waals surface area contributed by atoms with Gasteiger partial charge in [0.15, 0.2) is 5.71 Å². The Bertz CT molecular complexity index is 329. The van der Waals surface area contributed by atoms with E-state index < -0.39 is 0 Å². The first-order valence-corrected chi connectivity index (χ1v) is 3.82. The van der Waals surface area contributed by atoms with Gasteiger partial charge < -0.3 is 5.11 Å². The van der Waals surface area contributed by atoms with E-state index in [4.69, 9.17) is 5.11 Å². The Morgan fingerprint density at radius 2 is 2.17 bits per heavy atom. The molecule has 1 N–H and O–H groups in total. The van der Waals surface area contributed by atoms with E-state index in [-0.39, 0.29) is 5.90 Å². The lowest BCUT2D eigenvalue weighted by atomic mass is 10.1. The zero-order valence-corrected chi connectivity index (χ0v) is 7.49. The largest absolute Gasteiger partial charge is 0.457 e. The summed E-state index contributed by atoms with van der Waals surface area (Å²) in [6.45, 7) is 1.51. The minimum Gasteiger partial charge on any atom is -0.451 e. The standard InChI is InChI=1S/C8H8N2OS/c1-6(11)9-7-4-2-3-5-8(7)10-12/h2-5H,1H3,(H,9,11,12)/p+1. The van der Waals surface area contributed by atoms with Gasteiger partial charge in [-0.1, -0.05) is 12.2 Å². The maximum atomic E-state index is 8.91. The van der Waals surface area contributed by atoms with Crippen LogP contribution in [-0.4, -0.2) is 22.4 Å². The smallest absolute Gasteiger partial charge is 0.451 e. The van der Waals surface area contributed by atoms with Crippen molar-refractivity contribution < 1.29 is 5.11 Å². The third kappa shape index (κ3) is 2.12. The molecule has 0 unspecified atom stereocenters. The number of rotatable bonds is 0. The molecule has 0 spiro atoms. The zero-order chi connectivity index (χ0) is 8.97. The summed E-state index contributed by atoms with van der Waals surface area (Å²) in [4.78, 5) is 0. The van der Waals surface area contributed by atoms with Gasteiger partial charge >= 0.3 is 11.6 Å². The Morgan fingerprint density at radius 3 is 2.75 bits per heavy atom. The molecule has 0 aromatic heterocycles. The molecule has 0 bridgehead atoms. The van der Waals surface area contributed by atoms with Gasteiger partial charge in [-0.05, 0) is 23.6 Å². The topological polar surface area (TPSA) is 46.7 Å². The number of thiol groups is 1. The lowest BCUT2D eigenvalue weighted by Crippen LogP contribution is -2.15. The lowest BCUT2D eigenvalue weighted by Gasteiger charge is -1.90. The minimum absolute atomic E-state index is 0.0134. The molecule has 3 nitrogen and oxygen atoms in total. The summed E-state index contributed by atoms with van der Waals surface area (Å²) in [5.74, 6) is 0.0134. The predicted octanol–water partition coefficient (Wildman–Crippen LogP) is 0.883. The average Bonchev–Trinajstić information content (AvgIpc) is 2.04. The molecule has 1 aliphatic rings. The number of nitrogens with zero attached hydrogens (tertiary/aromatic N) is 2. The van der Waals surface area contributed by atoms with Crippen molar-refractivity contribution in [2.45, 2.75) is 6.92 Å². The molecule has 0 saturated heterocycles. The SMILES string of the molecule is CC(O)=[N+]=C1C=CC=CC1=NS. The highest BCUT2D eigenvalue weighted by Crippen LogP contribution is 1.96. The molecule has 0 aliphatic heterocycles. The second kappa shape index (κ2) is 3.95. The van der Waals surface area contributed by atoms with Crippen LogP contribution in [0.15, 0.2) is 28.7 Å². The van der Waals surface area contributed by atoms with Crippen LogP contribution >= 0.6 is 12.8 Å². The molecule has 0 atom stereocenters. The molecule has 0 heterocycles. The molecular weight excluding hydrogens is 172 g/mol. The Morgan fingerprint density at radius 1 is 1.50 bits per heavy atom. The third-order valence-electron chi connectivity index (χ3n) is 1.27. The van der Waals surface area contributed by atoms with Gasteiger partial charge in [0.1, 0.15) is 0 Å². The summed E-state index contributed by atoms with van der Waals surface area (Å²) >= 11 is 3.78. The van der Waals surface area contributed by atoms with Gasteiger partial charge in [0.05, 0.1) is 6.92 Å². The Labute approximate surface area is 76.1 Å². The van der Waals surface area contributed by atoms with Crippen LogP contribution in [0.5, 0.6) is 0 Å². The fourth-order valence-corrected chi connectivity index (χ4v) is 0.987. The molecule has 0 aromatic rings. The lowest BCUT2D eigenvalue weighted by molar-refractivity contribution is 0.547. The highest BCUT2D eigenvalue weighted by Gasteiger charge is 2.15. The van der Waals surface area contributed by atoms with Crippen molar-refractivity contribution in [3.05, 3.63) is 24.3 Å². The van der Waals surface area contributed by atoms with Gasteiger partial charge in [-0.2, -0.15) is 0 Å². The van der Waals surface area contributed by atoms with Crippen LogP contribution in [0.1, 0.15) is 6.92 Å². The molecule has 0 amide bonds. The first-order chi connectivity index (χ1) is 5.74. The Balaban J connectivity index is 3.16. The van der Waals surface area contributed by atoms with Crippen molar-refractivity contribution in [3.63, 3.8) is 0 Å². The number of hydrogen-bond donors (Lipinski definition) is 2. The molecule has 0 fully saturated rings. The van der Waals surface area contributed by atoms with E-state index in [0.717, 1.165) is 0 Å². The predicted molar refractivity (Wildman–Crippen MR) is 55.2 cm³/mol. The highest BCUT2D eigenvalue weighted by molar-refractivity contribution is 7.79. The number of allylic oxidation sites excluding steroid dienone is 4. The van der Waals surface area contributed by atoms with E-state index in [1.807, 2.05) is 12.2 Å². The van der Waals surface area contributed by atoms with Gasteiger partial charge in [0.2, 0.25) is 0 Å². The van der Waals surface area contributed by atoms with Crippen LogP contribution in [0.4, 0.5) is 0 Å². The average molecular weight is 181 g/mol. The van der Waals surface area contributed by atoms with Crippen molar-refractivity contribution in [2.75, 3.05) is 0 Å². The maximum absolute atomic E-state index is 8.91. The summed E-state index contributed by atoms with van der Waals surface area (Å²) in [5.41, 5.74) is 1.27. The molecule has 62 valence electrons. The van der Waals surface area contributed by atoms with Gasteiger partial charge in [-0.15, -0.1) is 0 Å². The van der Waals surface area contributed by atoms with E-state index in [9.17, 15) is 0 Å². The molecule has 12 heavy (non-hydrogen) atoms. The Hall–Kier alpha value is -1.25. The van der Waals surface area contributed by atoms with Crippen molar-refractivity contribution in [3.8, 4) is 0 Å². The summed E-state index contributed by atoms with van der Waals surface area (Å²) in [6.07, 6.45) is 7.19. The van der Waals surface area contributed by atoms with Crippen LogP contribution in [0.25, 0.3) is 0 Å². The van der Waals surface area contributed by atoms with E-state index in [1.54, 1.807) is 12.2 Å². The molecule has 1 rings (SSSR count). The monoisotopic (exact) mass is 181 g/mol. The van der Waals surface area contributed by atoms with Gasteiger partial charge in [0.25, 0.3) is 0 Å². The normalized spacial score (nSPS) is 18.2. The van der Waals surface area contributed by atoms with E-state index in [1.165, 1.54) is 6.92 Å². The maximum Gasteiger partial charge on any atom is 0.457 e. The van der Waals surface area contributed by atoms with Crippen molar-refractivity contribution in [1.82, 2.24) is 4.67 Å². The molecule has 0 radical (unpaired) electrons. The van der Waals surface area contributed by atoms with E-state index >= 15 is 0 Å². The van der Waals surface area contributed by atoms with Gasteiger partial charge in [-0.25, -0.2) is 4.40 Å². The number of aliphatic hydroxyl groups is 1. The third-order valence-corrected chi connectivity index (χ3v) is 1.49. The van der Waals surface area contributed by atoms with E-state index in [2.05, 4.69) is 21.9 Å². The summed E-state index contributed by atoms with van der Waals surface area (Å²) < 4.78 is 7.56. The fraction of sp³-hybridized carbons (Fsp3) is 0.125. The fourth-order valence-electron chi connectivity index (χ4n) is 0.818. The number of aliphatic hydroxyl groups excluding tert-OH is 1. The second-order valence-electron chi connectivity index (χ2n) is 2.25. The quantitative estimate of drug-likeness (QED) is 0.188.